The molecule has 136 valence electrons. The highest BCUT2D eigenvalue weighted by molar-refractivity contribution is 6.30. The Balaban J connectivity index is 2.17. The van der Waals surface area contributed by atoms with Crippen LogP contribution in [0.3, 0.4) is 0 Å². The third-order valence-corrected chi connectivity index (χ3v) is 4.72. The van der Waals surface area contributed by atoms with Crippen molar-refractivity contribution in [3.05, 3.63) is 57.6 Å². The van der Waals surface area contributed by atoms with Gasteiger partial charge in [-0.3, -0.25) is 9.59 Å². The van der Waals surface area contributed by atoms with Crippen molar-refractivity contribution in [1.29, 1.82) is 0 Å². The number of benzene rings is 2. The minimum absolute atomic E-state index is 0.0525. The molecule has 0 aromatic heterocycles. The minimum Gasteiger partial charge on any atom is -0.507 e. The van der Waals surface area contributed by atoms with Gasteiger partial charge < -0.3 is 10.2 Å². The lowest BCUT2D eigenvalue weighted by Gasteiger charge is -2.22. The van der Waals surface area contributed by atoms with Gasteiger partial charge in [0.1, 0.15) is 11.5 Å². The van der Waals surface area contributed by atoms with Gasteiger partial charge in [-0.15, -0.1) is 0 Å². The molecule has 1 aliphatic carbocycles. The van der Waals surface area contributed by atoms with Gasteiger partial charge in [0.15, 0.2) is 11.6 Å². The Morgan fingerprint density at radius 2 is 1.04 bits per heavy atom. The van der Waals surface area contributed by atoms with Gasteiger partial charge in [-0.25, -0.2) is 0 Å². The highest BCUT2D eigenvalue weighted by atomic mass is 16.3. The number of fused-ring (bicyclic) bond motifs is 2. The molecule has 4 heteroatoms. The lowest BCUT2D eigenvalue weighted by atomic mass is 9.80. The van der Waals surface area contributed by atoms with Crippen molar-refractivity contribution in [1.82, 2.24) is 0 Å². The second kappa shape index (κ2) is 6.60. The van der Waals surface area contributed by atoms with E-state index in [1.807, 2.05) is 27.7 Å². The number of aromatic hydroxyl groups is 2. The summed E-state index contributed by atoms with van der Waals surface area (Å²) in [6.45, 7) is 8.09. The van der Waals surface area contributed by atoms with E-state index in [1.54, 1.807) is 24.3 Å². The third kappa shape index (κ3) is 2.90. The van der Waals surface area contributed by atoms with Gasteiger partial charge in [0.05, 0.1) is 11.1 Å². The van der Waals surface area contributed by atoms with Crippen molar-refractivity contribution in [2.24, 2.45) is 11.8 Å². The van der Waals surface area contributed by atoms with E-state index in [0.717, 1.165) is 0 Å². The fraction of sp³-hybridized carbons (Fsp3) is 0.364. The number of ketones is 2. The molecule has 0 radical (unpaired) electrons. The molecule has 0 amide bonds. The maximum atomic E-state index is 13.0. The maximum Gasteiger partial charge on any atom is 0.198 e. The van der Waals surface area contributed by atoms with E-state index < -0.39 is 11.6 Å². The Morgan fingerprint density at radius 1 is 0.692 bits per heavy atom. The molecule has 0 atom stereocenters. The monoisotopic (exact) mass is 352 g/mol. The first-order valence-corrected chi connectivity index (χ1v) is 9.01. The fourth-order valence-electron chi connectivity index (χ4n) is 3.59. The first kappa shape index (κ1) is 18.2. The van der Waals surface area contributed by atoms with Crippen molar-refractivity contribution in [3.63, 3.8) is 0 Å². The Labute approximate surface area is 153 Å². The van der Waals surface area contributed by atoms with Gasteiger partial charge >= 0.3 is 0 Å². The number of phenols is 2. The summed E-state index contributed by atoms with van der Waals surface area (Å²) in [5.74, 6) is -0.448. The number of hydrogen-bond donors (Lipinski definition) is 2. The topological polar surface area (TPSA) is 74.6 Å². The highest BCUT2D eigenvalue weighted by Gasteiger charge is 2.35. The highest BCUT2D eigenvalue weighted by Crippen LogP contribution is 2.40. The minimum atomic E-state index is -0.413. The van der Waals surface area contributed by atoms with E-state index in [-0.39, 0.29) is 33.8 Å². The maximum absolute atomic E-state index is 13.0. The molecule has 4 nitrogen and oxygen atoms in total. The molecular formula is C22H24O4. The van der Waals surface area contributed by atoms with E-state index >= 15 is 0 Å². The Morgan fingerprint density at radius 3 is 1.35 bits per heavy atom. The van der Waals surface area contributed by atoms with Gasteiger partial charge in [-0.1, -0.05) is 39.8 Å². The third-order valence-electron chi connectivity index (χ3n) is 4.72. The zero-order valence-corrected chi connectivity index (χ0v) is 15.6. The lowest BCUT2D eigenvalue weighted by molar-refractivity contribution is 0.0974. The van der Waals surface area contributed by atoms with Gasteiger partial charge in [0.2, 0.25) is 0 Å². The summed E-state index contributed by atoms with van der Waals surface area (Å²) in [5.41, 5.74) is 1.73. The van der Waals surface area contributed by atoms with Crippen molar-refractivity contribution >= 4 is 11.6 Å². The molecule has 26 heavy (non-hydrogen) atoms. The van der Waals surface area contributed by atoms with Crippen LogP contribution in [0.15, 0.2) is 24.3 Å². The molecule has 0 spiro atoms. The van der Waals surface area contributed by atoms with E-state index in [4.69, 9.17) is 0 Å². The lowest BCUT2D eigenvalue weighted by Crippen LogP contribution is -2.22. The number of carbonyl (C=O) groups excluding carboxylic acids is 2. The van der Waals surface area contributed by atoms with Crippen LogP contribution < -0.4 is 0 Å². The van der Waals surface area contributed by atoms with E-state index in [2.05, 4.69) is 0 Å². The van der Waals surface area contributed by atoms with Gasteiger partial charge in [0, 0.05) is 11.1 Å². The summed E-state index contributed by atoms with van der Waals surface area (Å²) in [6, 6.07) is 6.56. The standard InChI is InChI=1S/C22H24O4/c1-11(2)9-13-5-7-15-17(19(13)23)21(25)16-8-6-14(10-12(3)4)20(24)18(16)22(15)26/h5-8,11-12,23-24H,9-10H2,1-4H3. The summed E-state index contributed by atoms with van der Waals surface area (Å²) < 4.78 is 0. The normalized spacial score (nSPS) is 13.3. The summed E-state index contributed by atoms with van der Waals surface area (Å²) in [4.78, 5) is 25.9. The second-order valence-electron chi connectivity index (χ2n) is 7.85. The Hall–Kier alpha value is -2.62. The van der Waals surface area contributed by atoms with Crippen LogP contribution in [0.5, 0.6) is 11.5 Å². The first-order valence-electron chi connectivity index (χ1n) is 9.01. The second-order valence-corrected chi connectivity index (χ2v) is 7.85. The predicted molar refractivity (Wildman–Crippen MR) is 100 cm³/mol. The molecule has 0 saturated carbocycles. The fourth-order valence-corrected chi connectivity index (χ4v) is 3.59. The first-order chi connectivity index (χ1) is 12.2. The molecular weight excluding hydrogens is 328 g/mol. The van der Waals surface area contributed by atoms with Gasteiger partial charge in [-0.05, 0) is 47.9 Å². The molecule has 2 N–H and O–H groups in total. The van der Waals surface area contributed by atoms with Crippen LogP contribution in [-0.4, -0.2) is 21.8 Å². The van der Waals surface area contributed by atoms with Crippen LogP contribution in [0, 0.1) is 11.8 Å². The zero-order chi connectivity index (χ0) is 19.2. The van der Waals surface area contributed by atoms with Crippen molar-refractivity contribution < 1.29 is 19.8 Å². The van der Waals surface area contributed by atoms with Crippen LogP contribution in [0.4, 0.5) is 0 Å². The Bertz CT molecular complexity index is 831. The van der Waals surface area contributed by atoms with Gasteiger partial charge in [0.25, 0.3) is 0 Å². The number of phenolic OH excluding ortho intramolecular Hbond substituents is 2. The van der Waals surface area contributed by atoms with Gasteiger partial charge in [-0.2, -0.15) is 0 Å². The molecule has 0 saturated heterocycles. The summed E-state index contributed by atoms with van der Waals surface area (Å²) in [6.07, 6.45) is 1.23. The van der Waals surface area contributed by atoms with Crippen molar-refractivity contribution in [2.75, 3.05) is 0 Å². The largest absolute Gasteiger partial charge is 0.507 e. The number of rotatable bonds is 4. The van der Waals surface area contributed by atoms with Crippen molar-refractivity contribution in [2.45, 2.75) is 40.5 Å². The van der Waals surface area contributed by atoms with E-state index in [0.29, 0.717) is 35.8 Å². The summed E-state index contributed by atoms with van der Waals surface area (Å²) in [5, 5.41) is 21.2. The average Bonchev–Trinajstić information content (AvgIpc) is 2.55. The van der Waals surface area contributed by atoms with Crippen LogP contribution in [0.1, 0.15) is 70.7 Å². The van der Waals surface area contributed by atoms with E-state index in [1.165, 1.54) is 0 Å². The molecule has 0 fully saturated rings. The Kier molecular flexibility index (Phi) is 4.61. The summed E-state index contributed by atoms with van der Waals surface area (Å²) in [7, 11) is 0. The molecule has 2 aromatic carbocycles. The summed E-state index contributed by atoms with van der Waals surface area (Å²) >= 11 is 0. The molecule has 0 unspecified atom stereocenters. The smallest absolute Gasteiger partial charge is 0.198 e. The predicted octanol–water partition coefficient (Wildman–Crippen LogP) is 4.27. The van der Waals surface area contributed by atoms with Crippen LogP contribution in [0.2, 0.25) is 0 Å². The molecule has 3 rings (SSSR count). The SMILES string of the molecule is CC(C)Cc1ccc2c(c1O)C(=O)c1ccc(CC(C)C)c(O)c1C2=O. The molecule has 0 bridgehead atoms. The van der Waals surface area contributed by atoms with Crippen LogP contribution in [0.25, 0.3) is 0 Å². The number of carbonyl (C=O) groups is 2. The van der Waals surface area contributed by atoms with Crippen LogP contribution >= 0.6 is 0 Å². The average molecular weight is 352 g/mol. The zero-order valence-electron chi connectivity index (χ0n) is 15.6. The number of hydrogen-bond acceptors (Lipinski definition) is 4. The quantitative estimate of drug-likeness (QED) is 0.735. The molecule has 2 aromatic rings. The van der Waals surface area contributed by atoms with Crippen LogP contribution in [-0.2, 0) is 12.8 Å². The molecule has 0 aliphatic heterocycles. The van der Waals surface area contributed by atoms with E-state index in [9.17, 15) is 19.8 Å². The molecule has 1 aliphatic rings. The molecule has 0 heterocycles. The van der Waals surface area contributed by atoms with Crippen molar-refractivity contribution in [3.8, 4) is 11.5 Å².